The number of hydrogen-bond acceptors (Lipinski definition) is 6. The molecule has 0 bridgehead atoms. The smallest absolute Gasteiger partial charge is 0.290 e. The molecule has 0 aliphatic carbocycles. The van der Waals surface area contributed by atoms with Crippen LogP contribution in [0.4, 0.5) is 5.69 Å². The molecule has 0 heterocycles. The first-order valence-corrected chi connectivity index (χ1v) is 7.88. The molecule has 0 aliphatic heterocycles. The van der Waals surface area contributed by atoms with Crippen molar-refractivity contribution in [3.8, 4) is 0 Å². The zero-order chi connectivity index (χ0) is 15.9. The van der Waals surface area contributed by atoms with Crippen LogP contribution in [0.2, 0.25) is 5.02 Å². The van der Waals surface area contributed by atoms with E-state index >= 15 is 0 Å². The largest absolute Gasteiger partial charge is 0.383 e. The minimum Gasteiger partial charge on any atom is -0.383 e. The molecule has 1 rings (SSSR count). The van der Waals surface area contributed by atoms with Gasteiger partial charge in [0.2, 0.25) is 10.0 Å². The van der Waals surface area contributed by atoms with Crippen molar-refractivity contribution in [1.29, 1.82) is 0 Å². The van der Waals surface area contributed by atoms with Gasteiger partial charge in [0.15, 0.2) is 4.90 Å². The summed E-state index contributed by atoms with van der Waals surface area (Å²) in [5.74, 6) is 0. The number of hydrogen-bond donors (Lipinski definition) is 2. The fourth-order valence-electron chi connectivity index (χ4n) is 1.55. The molecule has 1 aromatic carbocycles. The summed E-state index contributed by atoms with van der Waals surface area (Å²) >= 11 is 5.78. The van der Waals surface area contributed by atoms with E-state index in [1.54, 1.807) is 7.11 Å². The van der Waals surface area contributed by atoms with E-state index in [0.29, 0.717) is 19.7 Å². The molecule has 8 nitrogen and oxygen atoms in total. The van der Waals surface area contributed by atoms with Crippen molar-refractivity contribution < 1.29 is 18.1 Å². The second-order valence-corrected chi connectivity index (χ2v) is 6.10. The van der Waals surface area contributed by atoms with Gasteiger partial charge in [-0.3, -0.25) is 10.1 Å². The van der Waals surface area contributed by atoms with Crippen LogP contribution in [0.3, 0.4) is 0 Å². The van der Waals surface area contributed by atoms with E-state index in [1.807, 2.05) is 0 Å². The van der Waals surface area contributed by atoms with Gasteiger partial charge in [0.25, 0.3) is 5.69 Å². The van der Waals surface area contributed by atoms with Crippen LogP contribution in [0, 0.1) is 10.1 Å². The molecule has 0 saturated heterocycles. The monoisotopic (exact) mass is 337 g/mol. The van der Waals surface area contributed by atoms with E-state index in [1.165, 1.54) is 12.1 Å². The van der Waals surface area contributed by atoms with Crippen LogP contribution in [-0.2, 0) is 14.8 Å². The van der Waals surface area contributed by atoms with Gasteiger partial charge < -0.3 is 10.1 Å². The molecule has 118 valence electrons. The van der Waals surface area contributed by atoms with Gasteiger partial charge >= 0.3 is 0 Å². The summed E-state index contributed by atoms with van der Waals surface area (Å²) in [5, 5.41) is 13.7. The highest BCUT2D eigenvalue weighted by Crippen LogP contribution is 2.30. The van der Waals surface area contributed by atoms with Gasteiger partial charge in [-0.2, -0.15) is 0 Å². The first kappa shape index (κ1) is 17.8. The topological polar surface area (TPSA) is 111 Å². The summed E-state index contributed by atoms with van der Waals surface area (Å²) in [6.45, 7) is 1.52. The van der Waals surface area contributed by atoms with Crippen molar-refractivity contribution in [2.45, 2.75) is 4.90 Å². The Morgan fingerprint density at radius 3 is 2.67 bits per heavy atom. The van der Waals surface area contributed by atoms with Gasteiger partial charge in [-0.25, -0.2) is 13.1 Å². The molecule has 0 fully saturated rings. The zero-order valence-corrected chi connectivity index (χ0v) is 12.9. The molecular weight excluding hydrogens is 322 g/mol. The van der Waals surface area contributed by atoms with Crippen molar-refractivity contribution in [3.05, 3.63) is 33.3 Å². The third kappa shape index (κ3) is 5.21. The lowest BCUT2D eigenvalue weighted by molar-refractivity contribution is -0.387. The van der Waals surface area contributed by atoms with Crippen LogP contribution in [0.25, 0.3) is 0 Å². The molecule has 0 atom stereocenters. The highest BCUT2D eigenvalue weighted by molar-refractivity contribution is 7.89. The van der Waals surface area contributed by atoms with E-state index in [-0.39, 0.29) is 11.6 Å². The fraction of sp³-hybridized carbons (Fsp3) is 0.455. The summed E-state index contributed by atoms with van der Waals surface area (Å²) in [4.78, 5) is 9.60. The van der Waals surface area contributed by atoms with E-state index in [0.717, 1.165) is 6.07 Å². The Bertz CT molecular complexity index is 594. The predicted octanol–water partition coefficient (Wildman–Crippen LogP) is 0.762. The van der Waals surface area contributed by atoms with Crippen LogP contribution >= 0.6 is 11.6 Å². The highest BCUT2D eigenvalue weighted by atomic mass is 35.5. The minimum absolute atomic E-state index is 0.0778. The maximum absolute atomic E-state index is 12.1. The van der Waals surface area contributed by atoms with Gasteiger partial charge in [0.1, 0.15) is 0 Å². The van der Waals surface area contributed by atoms with Crippen LogP contribution < -0.4 is 10.0 Å². The van der Waals surface area contributed by atoms with E-state index in [9.17, 15) is 18.5 Å². The van der Waals surface area contributed by atoms with Gasteiger partial charge in [-0.15, -0.1) is 0 Å². The fourth-order valence-corrected chi connectivity index (χ4v) is 3.28. The lowest BCUT2D eigenvalue weighted by Crippen LogP contribution is -2.33. The quantitative estimate of drug-likeness (QED) is 0.391. The number of methoxy groups -OCH3 is 1. The highest BCUT2D eigenvalue weighted by Gasteiger charge is 2.28. The Hall–Kier alpha value is -1.26. The number of halogens is 1. The Balaban J connectivity index is 2.77. The average Bonchev–Trinajstić information content (AvgIpc) is 2.42. The van der Waals surface area contributed by atoms with Crippen LogP contribution in [0.5, 0.6) is 0 Å². The Morgan fingerprint density at radius 1 is 1.33 bits per heavy atom. The SMILES string of the molecule is COCCNCCNS(=O)(=O)c1c(Cl)cccc1[N+](=O)[O-]. The van der Waals surface area contributed by atoms with Crippen molar-refractivity contribution in [3.63, 3.8) is 0 Å². The number of rotatable bonds is 9. The van der Waals surface area contributed by atoms with E-state index in [2.05, 4.69) is 10.0 Å². The van der Waals surface area contributed by atoms with Crippen LogP contribution in [0.15, 0.2) is 23.1 Å². The van der Waals surface area contributed by atoms with Crippen LogP contribution in [-0.4, -0.2) is 46.7 Å². The summed E-state index contributed by atoms with van der Waals surface area (Å²) in [7, 11) is -2.50. The van der Waals surface area contributed by atoms with Gasteiger partial charge in [-0.1, -0.05) is 17.7 Å². The van der Waals surface area contributed by atoms with E-state index in [4.69, 9.17) is 16.3 Å². The average molecular weight is 338 g/mol. The molecule has 0 saturated carbocycles. The molecule has 2 N–H and O–H groups in total. The van der Waals surface area contributed by atoms with Gasteiger partial charge in [0.05, 0.1) is 16.6 Å². The number of nitrogens with one attached hydrogen (secondary N) is 2. The summed E-state index contributed by atoms with van der Waals surface area (Å²) < 4.78 is 31.3. The second kappa shape index (κ2) is 8.25. The van der Waals surface area contributed by atoms with Crippen molar-refractivity contribution in [2.75, 3.05) is 33.4 Å². The van der Waals surface area contributed by atoms with Crippen molar-refractivity contribution >= 4 is 27.3 Å². The molecule has 10 heteroatoms. The summed E-state index contributed by atoms with van der Waals surface area (Å²) in [5.41, 5.74) is -0.553. The lowest BCUT2D eigenvalue weighted by Gasteiger charge is -2.09. The zero-order valence-electron chi connectivity index (χ0n) is 11.3. The normalized spacial score (nSPS) is 11.5. The summed E-state index contributed by atoms with van der Waals surface area (Å²) in [6.07, 6.45) is 0. The van der Waals surface area contributed by atoms with Gasteiger partial charge in [-0.05, 0) is 6.07 Å². The minimum atomic E-state index is -4.05. The Morgan fingerprint density at radius 2 is 2.05 bits per heavy atom. The molecule has 0 unspecified atom stereocenters. The predicted molar refractivity (Wildman–Crippen MR) is 78.0 cm³/mol. The maximum Gasteiger partial charge on any atom is 0.290 e. The Labute approximate surface area is 127 Å². The number of ether oxygens (including phenoxy) is 1. The maximum atomic E-state index is 12.1. The number of nitrogens with zero attached hydrogens (tertiary/aromatic N) is 1. The number of benzene rings is 1. The first-order valence-electron chi connectivity index (χ1n) is 6.02. The van der Waals surface area contributed by atoms with E-state index < -0.39 is 25.5 Å². The Kier molecular flexibility index (Phi) is 6.99. The van der Waals surface area contributed by atoms with Crippen molar-refractivity contribution in [2.24, 2.45) is 0 Å². The molecular formula is C11H16ClN3O5S. The number of sulfonamides is 1. The molecule has 21 heavy (non-hydrogen) atoms. The summed E-state index contributed by atoms with van der Waals surface area (Å²) in [6, 6.07) is 3.71. The van der Waals surface area contributed by atoms with Crippen molar-refractivity contribution in [1.82, 2.24) is 10.0 Å². The van der Waals surface area contributed by atoms with Crippen LogP contribution in [0.1, 0.15) is 0 Å². The first-order chi connectivity index (χ1) is 9.90. The molecule has 0 aromatic heterocycles. The number of nitro benzene ring substituents is 1. The molecule has 0 aliphatic rings. The molecule has 0 amide bonds. The molecule has 1 aromatic rings. The molecule has 0 spiro atoms. The second-order valence-electron chi connectivity index (χ2n) is 3.99. The lowest BCUT2D eigenvalue weighted by atomic mass is 10.3. The third-order valence-electron chi connectivity index (χ3n) is 2.49. The van der Waals surface area contributed by atoms with Gasteiger partial charge in [0, 0.05) is 32.8 Å². The number of nitro groups is 1. The standard InChI is InChI=1S/C11H16ClN3O5S/c1-20-8-7-13-5-6-14-21(18,19)11-9(12)3-2-4-10(11)15(16)17/h2-4,13-14H,5-8H2,1H3. The third-order valence-corrected chi connectivity index (χ3v) is 4.47. The molecule has 0 radical (unpaired) electrons.